The average Bonchev–Trinajstić information content (AvgIpc) is 3.50. The fourth-order valence-electron chi connectivity index (χ4n) is 3.38. The Morgan fingerprint density at radius 2 is 1.72 bits per heavy atom. The van der Waals surface area contributed by atoms with Crippen molar-refractivity contribution in [2.45, 2.75) is 71.6 Å². The lowest BCUT2D eigenvalue weighted by Crippen LogP contribution is -2.41. The standard InChI is InChI=1S/C19H26BN3O2.C4H7Br.C2H2/c1-18(2)19(3,4)25-20(24-18)14-9-7-13(8-10-14)16-12-22-17(23-16)15-6-5-11-21-15;1-3-4(2)5;1-2/h7-10,12,15,21H,5-6,11H2,1-4H3,(H,22,23);3H,1-2H3;1-2H/b;4-3+;/t15-;;/m0../s1. The Labute approximate surface area is 202 Å². The molecule has 4 rings (SSSR count). The molecule has 2 fully saturated rings. The average molecular weight is 500 g/mol. The van der Waals surface area contributed by atoms with Crippen LogP contribution in [0.25, 0.3) is 11.3 Å². The minimum atomic E-state index is -0.320. The highest BCUT2D eigenvalue weighted by Gasteiger charge is 2.51. The molecule has 0 radical (unpaired) electrons. The molecular formula is C25H35BBrN3O2. The lowest BCUT2D eigenvalue weighted by atomic mass is 9.79. The van der Waals surface area contributed by atoms with Crippen LogP contribution in [0, 0.1) is 12.8 Å². The molecule has 2 aliphatic heterocycles. The number of hydrogen-bond donors (Lipinski definition) is 2. The predicted molar refractivity (Wildman–Crippen MR) is 138 cm³/mol. The molecular weight excluding hydrogens is 465 g/mol. The largest absolute Gasteiger partial charge is 0.494 e. The van der Waals surface area contributed by atoms with Gasteiger partial charge in [-0.3, -0.25) is 0 Å². The van der Waals surface area contributed by atoms with E-state index in [-0.39, 0.29) is 18.3 Å². The minimum Gasteiger partial charge on any atom is -0.399 e. The van der Waals surface area contributed by atoms with E-state index in [2.05, 4.69) is 96.0 Å². The normalized spacial score (nSPS) is 21.3. The molecule has 0 spiro atoms. The van der Waals surface area contributed by atoms with Crippen LogP contribution in [0.3, 0.4) is 0 Å². The number of allylic oxidation sites excluding steroid dienone is 2. The molecule has 1 aromatic heterocycles. The number of terminal acetylenes is 1. The van der Waals surface area contributed by atoms with E-state index in [0.29, 0.717) is 6.04 Å². The number of nitrogens with zero attached hydrogens (tertiary/aromatic N) is 1. The number of H-pyrrole nitrogens is 1. The van der Waals surface area contributed by atoms with E-state index in [0.717, 1.165) is 35.5 Å². The summed E-state index contributed by atoms with van der Waals surface area (Å²) in [6.07, 6.45) is 14.3. The summed E-state index contributed by atoms with van der Waals surface area (Å²) >= 11 is 3.23. The highest BCUT2D eigenvalue weighted by Crippen LogP contribution is 2.36. The summed E-state index contributed by atoms with van der Waals surface area (Å²) in [7, 11) is -0.320. The number of halogens is 1. The van der Waals surface area contributed by atoms with E-state index in [1.54, 1.807) is 0 Å². The van der Waals surface area contributed by atoms with Gasteiger partial charge < -0.3 is 19.6 Å². The van der Waals surface area contributed by atoms with Crippen molar-refractivity contribution in [1.29, 1.82) is 0 Å². The van der Waals surface area contributed by atoms with E-state index in [1.807, 2.05) is 26.1 Å². The number of nitrogens with one attached hydrogen (secondary N) is 2. The maximum Gasteiger partial charge on any atom is 0.494 e. The van der Waals surface area contributed by atoms with Crippen LogP contribution in [0.5, 0.6) is 0 Å². The summed E-state index contributed by atoms with van der Waals surface area (Å²) in [5, 5.41) is 3.47. The van der Waals surface area contributed by atoms with Crippen LogP contribution < -0.4 is 10.8 Å². The van der Waals surface area contributed by atoms with Gasteiger partial charge in [-0.25, -0.2) is 4.98 Å². The first kappa shape index (κ1) is 26.4. The van der Waals surface area contributed by atoms with Gasteiger partial charge in [-0.2, -0.15) is 0 Å². The van der Waals surface area contributed by atoms with Crippen LogP contribution in [-0.2, 0) is 9.31 Å². The van der Waals surface area contributed by atoms with Crippen LogP contribution >= 0.6 is 15.9 Å². The summed E-state index contributed by atoms with van der Waals surface area (Å²) in [5.41, 5.74) is 2.58. The first-order chi connectivity index (χ1) is 15.1. The summed E-state index contributed by atoms with van der Waals surface area (Å²) in [4.78, 5) is 8.00. The van der Waals surface area contributed by atoms with Crippen molar-refractivity contribution in [3.63, 3.8) is 0 Å². The molecule has 0 unspecified atom stereocenters. The fourth-order valence-corrected chi connectivity index (χ4v) is 3.38. The molecule has 7 heteroatoms. The van der Waals surface area contributed by atoms with Crippen molar-refractivity contribution in [1.82, 2.24) is 15.3 Å². The number of benzene rings is 1. The van der Waals surface area contributed by atoms with Gasteiger partial charge in [-0.1, -0.05) is 46.3 Å². The van der Waals surface area contributed by atoms with Crippen molar-refractivity contribution in [3.8, 4) is 24.1 Å². The molecule has 2 aromatic rings. The molecule has 5 nitrogen and oxygen atoms in total. The zero-order chi connectivity index (χ0) is 23.9. The lowest BCUT2D eigenvalue weighted by molar-refractivity contribution is 0.00578. The van der Waals surface area contributed by atoms with Gasteiger partial charge in [-0.05, 0) is 76.4 Å². The van der Waals surface area contributed by atoms with Crippen LogP contribution in [0.1, 0.15) is 66.3 Å². The van der Waals surface area contributed by atoms with Gasteiger partial charge >= 0.3 is 7.12 Å². The monoisotopic (exact) mass is 499 g/mol. The lowest BCUT2D eigenvalue weighted by Gasteiger charge is -2.32. The zero-order valence-corrected chi connectivity index (χ0v) is 21.6. The summed E-state index contributed by atoms with van der Waals surface area (Å²) in [6.45, 7) is 13.4. The highest BCUT2D eigenvalue weighted by molar-refractivity contribution is 9.11. The second-order valence-corrected chi connectivity index (χ2v) is 10.2. The van der Waals surface area contributed by atoms with Gasteiger partial charge in [0, 0.05) is 0 Å². The third-order valence-electron chi connectivity index (χ3n) is 6.13. The second-order valence-electron chi connectivity index (χ2n) is 8.92. The van der Waals surface area contributed by atoms with E-state index < -0.39 is 0 Å². The van der Waals surface area contributed by atoms with Gasteiger partial charge in [0.1, 0.15) is 5.82 Å². The molecule has 32 heavy (non-hydrogen) atoms. The number of rotatable bonds is 3. The van der Waals surface area contributed by atoms with Crippen molar-refractivity contribution in [3.05, 3.63) is 46.8 Å². The van der Waals surface area contributed by atoms with Gasteiger partial charge in [0.25, 0.3) is 0 Å². The Morgan fingerprint density at radius 1 is 1.16 bits per heavy atom. The first-order valence-electron chi connectivity index (χ1n) is 11.0. The predicted octanol–water partition coefficient (Wildman–Crippen LogP) is 5.35. The first-order valence-corrected chi connectivity index (χ1v) is 11.8. The molecule has 0 amide bonds. The SMILES string of the molecule is C#C.C/C=C(\C)Br.CC1(C)OB(c2ccc(-c3cnc([C@@H]4CCCN4)[nH]3)cc2)OC1(C)C. The number of imidazole rings is 1. The van der Waals surface area contributed by atoms with E-state index in [1.165, 1.54) is 10.9 Å². The smallest absolute Gasteiger partial charge is 0.399 e. The van der Waals surface area contributed by atoms with Crippen molar-refractivity contribution >= 4 is 28.5 Å². The molecule has 3 heterocycles. The van der Waals surface area contributed by atoms with Gasteiger partial charge in [0.15, 0.2) is 0 Å². The summed E-state index contributed by atoms with van der Waals surface area (Å²) in [5.74, 6) is 1.03. The molecule has 2 saturated heterocycles. The third kappa shape index (κ3) is 6.36. The topological polar surface area (TPSA) is 59.2 Å². The molecule has 2 aliphatic rings. The van der Waals surface area contributed by atoms with Crippen molar-refractivity contribution < 1.29 is 9.31 Å². The third-order valence-corrected chi connectivity index (χ3v) is 6.59. The van der Waals surface area contributed by atoms with Crippen LogP contribution in [-0.4, -0.2) is 34.8 Å². The minimum absolute atomic E-state index is 0.317. The number of aromatic nitrogens is 2. The molecule has 1 atom stereocenters. The van der Waals surface area contributed by atoms with Crippen molar-refractivity contribution in [2.24, 2.45) is 0 Å². The van der Waals surface area contributed by atoms with Crippen LogP contribution in [0.2, 0.25) is 0 Å². The molecule has 2 N–H and O–H groups in total. The van der Waals surface area contributed by atoms with Crippen LogP contribution in [0.4, 0.5) is 0 Å². The number of hydrogen-bond acceptors (Lipinski definition) is 4. The maximum absolute atomic E-state index is 6.12. The highest BCUT2D eigenvalue weighted by atomic mass is 79.9. The summed E-state index contributed by atoms with van der Waals surface area (Å²) < 4.78 is 13.4. The van der Waals surface area contributed by atoms with E-state index >= 15 is 0 Å². The van der Waals surface area contributed by atoms with Crippen molar-refractivity contribution in [2.75, 3.05) is 6.54 Å². The van der Waals surface area contributed by atoms with Crippen LogP contribution in [0.15, 0.2) is 41.0 Å². The Bertz CT molecular complexity index is 893. The fraction of sp³-hybridized carbons (Fsp3) is 0.480. The van der Waals surface area contributed by atoms with Gasteiger partial charge in [0.05, 0.1) is 29.1 Å². The molecule has 0 bridgehead atoms. The Hall–Kier alpha value is -1.85. The molecule has 0 saturated carbocycles. The van der Waals surface area contributed by atoms with Gasteiger partial charge in [-0.15, -0.1) is 12.8 Å². The maximum atomic E-state index is 6.12. The zero-order valence-electron chi connectivity index (χ0n) is 20.0. The molecule has 0 aliphatic carbocycles. The molecule has 1 aromatic carbocycles. The summed E-state index contributed by atoms with van der Waals surface area (Å²) in [6, 6.07) is 8.70. The second kappa shape index (κ2) is 11.3. The quantitative estimate of drug-likeness (QED) is 0.441. The van der Waals surface area contributed by atoms with Gasteiger partial charge in [0.2, 0.25) is 0 Å². The Kier molecular flexibility index (Phi) is 9.35. The van der Waals surface area contributed by atoms with E-state index in [9.17, 15) is 0 Å². The van der Waals surface area contributed by atoms with E-state index in [4.69, 9.17) is 9.31 Å². The Morgan fingerprint density at radius 3 is 2.19 bits per heavy atom. The Balaban J connectivity index is 0.000000460. The number of aromatic amines is 1. The molecule has 172 valence electrons.